The van der Waals surface area contributed by atoms with E-state index in [1.54, 1.807) is 0 Å². The summed E-state index contributed by atoms with van der Waals surface area (Å²) in [7, 11) is 0. The number of aliphatic carboxylic acids is 4. The lowest BCUT2D eigenvalue weighted by atomic mass is 9.90. The predicted molar refractivity (Wildman–Crippen MR) is 146 cm³/mol. The Labute approximate surface area is 228 Å². The first-order chi connectivity index (χ1) is 18.6. The number of likely N-dealkylation sites (N-methyl/N-ethyl adjacent to an activating group) is 1. The Morgan fingerprint density at radius 3 is 2.05 bits per heavy atom. The summed E-state index contributed by atoms with van der Waals surface area (Å²) in [4.78, 5) is 38.9. The number of hydrogen-bond acceptors (Lipinski definition) is 7. The molecule has 2 atom stereocenters. The molecule has 216 valence electrons. The number of benzene rings is 2. The minimum Gasteiger partial charge on any atom is -0.473 e. The number of hydrogen-bond donors (Lipinski definition) is 5. The maximum atomic E-state index is 9.10. The summed E-state index contributed by atoms with van der Waals surface area (Å²) in [5.74, 6) is -6.68. The van der Waals surface area contributed by atoms with E-state index in [1.165, 1.54) is 35.6 Å². The number of rotatable bonds is 11. The first-order valence-corrected chi connectivity index (χ1v) is 13.0. The maximum Gasteiger partial charge on any atom is 0.414 e. The largest absolute Gasteiger partial charge is 0.473 e. The van der Waals surface area contributed by atoms with Crippen molar-refractivity contribution in [2.75, 3.05) is 39.3 Å². The fraction of sp³-hybridized carbons (Fsp3) is 0.500. The van der Waals surface area contributed by atoms with Crippen LogP contribution in [0.3, 0.4) is 0 Å². The first-order valence-electron chi connectivity index (χ1n) is 13.0. The Bertz CT molecular complexity index is 997. The zero-order valence-corrected chi connectivity index (χ0v) is 22.5. The number of ether oxygens (including phenoxy) is 1. The zero-order chi connectivity index (χ0) is 29.2. The maximum absolute atomic E-state index is 9.10. The molecule has 0 aliphatic carbocycles. The monoisotopic (exact) mass is 548 g/mol. The van der Waals surface area contributed by atoms with Gasteiger partial charge in [-0.1, -0.05) is 56.3 Å². The van der Waals surface area contributed by atoms with Gasteiger partial charge < -0.3 is 35.4 Å². The molecule has 39 heavy (non-hydrogen) atoms. The Kier molecular flexibility index (Phi) is 16.0. The molecule has 11 nitrogen and oxygen atoms in total. The summed E-state index contributed by atoms with van der Waals surface area (Å²) in [6, 6.07) is 15.5. The second-order valence-electron chi connectivity index (χ2n) is 9.03. The highest BCUT2D eigenvalue weighted by atomic mass is 16.5. The molecule has 0 amide bonds. The van der Waals surface area contributed by atoms with Crippen molar-refractivity contribution < 1.29 is 44.3 Å². The van der Waals surface area contributed by atoms with Crippen molar-refractivity contribution in [3.8, 4) is 0 Å². The van der Waals surface area contributed by atoms with Gasteiger partial charge in [0.2, 0.25) is 0 Å². The fourth-order valence-corrected chi connectivity index (χ4v) is 4.31. The van der Waals surface area contributed by atoms with Crippen molar-refractivity contribution >= 4 is 34.6 Å². The third-order valence-corrected chi connectivity index (χ3v) is 6.31. The smallest absolute Gasteiger partial charge is 0.414 e. The van der Waals surface area contributed by atoms with Crippen LogP contribution in [0, 0.1) is 5.92 Å². The minimum absolute atomic E-state index is 0.453. The van der Waals surface area contributed by atoms with E-state index in [9.17, 15) is 0 Å². The summed E-state index contributed by atoms with van der Waals surface area (Å²) >= 11 is 0. The molecule has 2 unspecified atom stereocenters. The van der Waals surface area contributed by atoms with Gasteiger partial charge >= 0.3 is 23.9 Å². The van der Waals surface area contributed by atoms with Crippen LogP contribution < -0.4 is 5.32 Å². The molecule has 1 aliphatic rings. The molecule has 2 aromatic rings. The van der Waals surface area contributed by atoms with Crippen LogP contribution in [-0.2, 0) is 30.3 Å². The molecule has 2 aromatic carbocycles. The van der Waals surface area contributed by atoms with Crippen LogP contribution in [0.2, 0.25) is 0 Å². The average molecular weight is 549 g/mol. The van der Waals surface area contributed by atoms with Crippen molar-refractivity contribution in [3.63, 3.8) is 0 Å². The second-order valence-corrected chi connectivity index (χ2v) is 9.03. The van der Waals surface area contributed by atoms with Crippen LogP contribution >= 0.6 is 0 Å². The van der Waals surface area contributed by atoms with Gasteiger partial charge in [-0.15, -0.1) is 0 Å². The van der Waals surface area contributed by atoms with Crippen LogP contribution in [0.15, 0.2) is 42.5 Å². The molecule has 0 bridgehead atoms. The highest BCUT2D eigenvalue weighted by Gasteiger charge is 2.21. The molecular formula is C28H40N2O9. The summed E-state index contributed by atoms with van der Waals surface area (Å²) in [5.41, 5.74) is 1.47. The van der Waals surface area contributed by atoms with Crippen LogP contribution in [0.25, 0.3) is 10.8 Å². The number of carboxylic acids is 4. The fourth-order valence-electron chi connectivity index (χ4n) is 4.31. The van der Waals surface area contributed by atoms with Gasteiger partial charge in [0.05, 0.1) is 6.10 Å². The van der Waals surface area contributed by atoms with E-state index >= 15 is 0 Å². The lowest BCUT2D eigenvalue weighted by molar-refractivity contribution is -0.159. The molecule has 1 saturated heterocycles. The third kappa shape index (κ3) is 13.7. The number of carboxylic acid groups (broad SMARTS) is 4. The van der Waals surface area contributed by atoms with Crippen molar-refractivity contribution in [2.45, 2.75) is 45.6 Å². The number of carbonyl (C=O) groups is 4. The van der Waals surface area contributed by atoms with Gasteiger partial charge in [0, 0.05) is 19.7 Å². The molecule has 0 aromatic heterocycles. The number of fused-ring (bicyclic) bond motifs is 1. The summed E-state index contributed by atoms with van der Waals surface area (Å²) < 4.78 is 5.95. The Hall–Kier alpha value is -3.54. The quantitative estimate of drug-likeness (QED) is 0.206. The van der Waals surface area contributed by atoms with Gasteiger partial charge in [0.25, 0.3) is 0 Å². The van der Waals surface area contributed by atoms with Gasteiger partial charge in [0.15, 0.2) is 0 Å². The molecule has 3 rings (SSSR count). The van der Waals surface area contributed by atoms with E-state index in [2.05, 4.69) is 66.5 Å². The Morgan fingerprint density at radius 2 is 1.51 bits per heavy atom. The van der Waals surface area contributed by atoms with Crippen molar-refractivity contribution in [1.29, 1.82) is 0 Å². The highest BCUT2D eigenvalue weighted by molar-refractivity contribution is 6.27. The summed E-state index contributed by atoms with van der Waals surface area (Å²) in [6.45, 7) is 11.0. The molecule has 5 N–H and O–H groups in total. The molecule has 1 heterocycles. The van der Waals surface area contributed by atoms with Gasteiger partial charge in [-0.3, -0.25) is 0 Å². The third-order valence-electron chi connectivity index (χ3n) is 6.31. The molecule has 0 radical (unpaired) electrons. The normalized spacial score (nSPS) is 15.0. The van der Waals surface area contributed by atoms with Gasteiger partial charge in [-0.05, 0) is 67.6 Å². The van der Waals surface area contributed by atoms with Crippen molar-refractivity contribution in [1.82, 2.24) is 10.2 Å². The minimum atomic E-state index is -1.82. The predicted octanol–water partition coefficient (Wildman–Crippen LogP) is 2.81. The van der Waals surface area contributed by atoms with Gasteiger partial charge in [0.1, 0.15) is 0 Å². The van der Waals surface area contributed by atoms with Crippen molar-refractivity contribution in [2.24, 2.45) is 5.92 Å². The van der Waals surface area contributed by atoms with Crippen LogP contribution in [-0.4, -0.2) is 94.6 Å². The molecular weight excluding hydrogens is 508 g/mol. The van der Waals surface area contributed by atoms with E-state index < -0.39 is 23.9 Å². The van der Waals surface area contributed by atoms with Crippen molar-refractivity contribution in [3.05, 3.63) is 48.0 Å². The van der Waals surface area contributed by atoms with E-state index in [-0.39, 0.29) is 0 Å². The summed E-state index contributed by atoms with van der Waals surface area (Å²) in [5, 5.41) is 36.0. The number of nitrogens with one attached hydrogen (secondary N) is 1. The van der Waals surface area contributed by atoms with Crippen LogP contribution in [0.1, 0.15) is 38.7 Å². The number of nitrogens with zero attached hydrogens (tertiary/aromatic N) is 1. The average Bonchev–Trinajstić information content (AvgIpc) is 3.42. The molecule has 1 fully saturated rings. The summed E-state index contributed by atoms with van der Waals surface area (Å²) in [6.07, 6.45) is 5.20. The molecule has 0 saturated carbocycles. The zero-order valence-electron chi connectivity index (χ0n) is 22.5. The second kappa shape index (κ2) is 18.7. The van der Waals surface area contributed by atoms with Gasteiger partial charge in [-0.25, -0.2) is 19.2 Å². The van der Waals surface area contributed by atoms with E-state index in [1.807, 2.05) is 0 Å². The first kappa shape index (κ1) is 33.5. The molecule has 1 aliphatic heterocycles. The standard InChI is InChI=1S/C24H36N2O.2C2H2O4/c1-3-26(4-2)15-14-25-19-20(18-23-12-8-16-27-23)17-22-11-7-10-21-9-5-6-13-24(21)22;2*3-1(4)2(5)6/h5-7,9-11,13,20,23,25H,3-4,8,12,14-19H2,1-2H3;2*(H,3,4)(H,5,6). The lowest BCUT2D eigenvalue weighted by Gasteiger charge is -2.23. The SMILES string of the molecule is CCN(CC)CCNCC(Cc1cccc2ccccc12)CC1CCCO1.O=C(O)C(=O)O.O=C(O)C(=O)O. The Morgan fingerprint density at radius 1 is 0.923 bits per heavy atom. The topological polar surface area (TPSA) is 174 Å². The van der Waals surface area contributed by atoms with E-state index in [0.29, 0.717) is 12.0 Å². The molecule has 11 heteroatoms. The Balaban J connectivity index is 0.000000530. The van der Waals surface area contributed by atoms with E-state index in [0.717, 1.165) is 45.8 Å². The van der Waals surface area contributed by atoms with Crippen LogP contribution in [0.5, 0.6) is 0 Å². The lowest BCUT2D eigenvalue weighted by Crippen LogP contribution is -2.35. The van der Waals surface area contributed by atoms with Crippen LogP contribution in [0.4, 0.5) is 0 Å². The van der Waals surface area contributed by atoms with E-state index in [4.69, 9.17) is 44.3 Å². The molecule has 0 spiro atoms. The highest BCUT2D eigenvalue weighted by Crippen LogP contribution is 2.26. The van der Waals surface area contributed by atoms with Gasteiger partial charge in [-0.2, -0.15) is 0 Å².